The maximum atomic E-state index is 13.3. The van der Waals surface area contributed by atoms with Crippen molar-refractivity contribution in [2.24, 2.45) is 17.8 Å². The van der Waals surface area contributed by atoms with Crippen molar-refractivity contribution in [3.63, 3.8) is 0 Å². The Morgan fingerprint density at radius 1 is 1.05 bits per heavy atom. The first-order valence-electron chi connectivity index (χ1n) is 14.6. The van der Waals surface area contributed by atoms with Crippen LogP contribution in [0.5, 0.6) is 0 Å². The van der Waals surface area contributed by atoms with Gasteiger partial charge in [0, 0.05) is 47.3 Å². The molecule has 4 fully saturated rings. The Balaban J connectivity index is 1.14. The van der Waals surface area contributed by atoms with Gasteiger partial charge >= 0.3 is 5.97 Å². The molecule has 5 atom stereocenters. The molecule has 2 aliphatic carbocycles. The van der Waals surface area contributed by atoms with Crippen molar-refractivity contribution in [1.82, 2.24) is 9.88 Å². The molecule has 4 heterocycles. The van der Waals surface area contributed by atoms with Gasteiger partial charge in [-0.1, -0.05) is 52.6 Å². The van der Waals surface area contributed by atoms with E-state index in [4.69, 9.17) is 39.8 Å². The lowest BCUT2D eigenvalue weighted by molar-refractivity contribution is -0.132. The summed E-state index contributed by atoms with van der Waals surface area (Å²) in [5.74, 6) is 0.976. The number of carbonyl (C=O) groups is 2. The van der Waals surface area contributed by atoms with E-state index in [1.807, 2.05) is 11.4 Å². The number of aliphatic carboxylic acids is 1. The molecule has 7 nitrogen and oxygen atoms in total. The van der Waals surface area contributed by atoms with Gasteiger partial charge in [0.25, 0.3) is 5.91 Å². The molecule has 2 aliphatic heterocycles. The molecule has 12 heteroatoms. The topological polar surface area (TPSA) is 85.8 Å². The first kappa shape index (κ1) is 29.6. The van der Waals surface area contributed by atoms with Gasteiger partial charge in [0.1, 0.15) is 10.7 Å². The van der Waals surface area contributed by atoms with Crippen LogP contribution in [0.1, 0.15) is 54.9 Å². The average Bonchev–Trinajstić information content (AvgIpc) is 3.79. The third-order valence-electron chi connectivity index (χ3n) is 9.67. The summed E-state index contributed by atoms with van der Waals surface area (Å²) in [6.07, 6.45) is 8.23. The maximum Gasteiger partial charge on any atom is 0.331 e. The number of carboxylic acids is 1. The van der Waals surface area contributed by atoms with E-state index >= 15 is 0 Å². The molecule has 2 bridgehead atoms. The summed E-state index contributed by atoms with van der Waals surface area (Å²) in [7, 11) is 0. The quantitative estimate of drug-likeness (QED) is 0.245. The van der Waals surface area contributed by atoms with Crippen LogP contribution in [0.4, 0.5) is 10.1 Å². The molecule has 1 amide bonds. The zero-order valence-electron chi connectivity index (χ0n) is 23.5. The number of nitrogens with one attached hydrogen (secondary N) is 1. The standard InChI is InChI=1S/C31H31Cl3N4O3S2/c1-15(30(40)41)6-21-22(33)9-19(10-23(21)34)28(39)36-31-35-27(26-11-20(32)14-42-26)29(43-31)37-12-18-4-5-38(25(18)13-37)24-8-16-2-3-17(24)7-16/h6,9-11,14,16-18,24-25H,2-5,7-8,12-13H2,1H3,(H,40,41)(H,35,36,39)/b15-6+/t16-,17+,18?,24?,25?/m0/s1. The number of fused-ring (bicyclic) bond motifs is 3. The molecule has 226 valence electrons. The van der Waals surface area contributed by atoms with Crippen LogP contribution in [-0.2, 0) is 4.79 Å². The second kappa shape index (κ2) is 11.7. The van der Waals surface area contributed by atoms with Crippen molar-refractivity contribution in [2.45, 2.75) is 51.1 Å². The lowest BCUT2D eigenvalue weighted by atomic mass is 9.93. The van der Waals surface area contributed by atoms with Crippen LogP contribution >= 0.6 is 57.5 Å². The second-order valence-electron chi connectivity index (χ2n) is 12.2. The maximum absolute atomic E-state index is 13.3. The molecule has 2 saturated carbocycles. The average molecular weight is 678 g/mol. The minimum atomic E-state index is -1.07. The molecule has 3 unspecified atom stereocenters. The number of halogens is 3. The zero-order chi connectivity index (χ0) is 30.0. The van der Waals surface area contributed by atoms with Crippen LogP contribution < -0.4 is 10.2 Å². The number of hydrogen-bond donors (Lipinski definition) is 2. The first-order valence-corrected chi connectivity index (χ1v) is 17.5. The van der Waals surface area contributed by atoms with Crippen molar-refractivity contribution < 1.29 is 14.7 Å². The summed E-state index contributed by atoms with van der Waals surface area (Å²) >= 11 is 22.2. The highest BCUT2D eigenvalue weighted by atomic mass is 35.5. The van der Waals surface area contributed by atoms with Crippen LogP contribution in [0, 0.1) is 17.8 Å². The number of rotatable bonds is 7. The third kappa shape index (κ3) is 5.62. The molecule has 1 aromatic carbocycles. The van der Waals surface area contributed by atoms with Gasteiger partial charge in [0.15, 0.2) is 5.13 Å². The van der Waals surface area contributed by atoms with E-state index in [1.165, 1.54) is 75.1 Å². The third-order valence-corrected chi connectivity index (χ3v) is 12.6. The van der Waals surface area contributed by atoms with Crippen LogP contribution in [0.25, 0.3) is 16.6 Å². The van der Waals surface area contributed by atoms with Crippen molar-refractivity contribution >= 4 is 85.6 Å². The smallest absolute Gasteiger partial charge is 0.331 e. The van der Waals surface area contributed by atoms with Gasteiger partial charge in [0.2, 0.25) is 0 Å². The zero-order valence-corrected chi connectivity index (χ0v) is 27.4. The number of likely N-dealkylation sites (tertiary alicyclic amines) is 1. The molecule has 0 radical (unpaired) electrons. The predicted octanol–water partition coefficient (Wildman–Crippen LogP) is 8.27. The molecule has 3 aromatic rings. The second-order valence-corrected chi connectivity index (χ2v) is 15.4. The normalized spacial score (nSPS) is 26.8. The lowest BCUT2D eigenvalue weighted by Crippen LogP contribution is -2.45. The van der Waals surface area contributed by atoms with Gasteiger partial charge in [-0.15, -0.1) is 11.3 Å². The SMILES string of the molecule is C/C(=C\c1c(Cl)cc(C(=O)Nc2nc(-c3cc(Cl)cs3)c(N3CC4CCN(C5C[C@H]6CC[C@@H]5C6)C4C3)s2)cc1Cl)C(=O)O. The van der Waals surface area contributed by atoms with E-state index < -0.39 is 11.9 Å². The van der Waals surface area contributed by atoms with E-state index in [0.717, 1.165) is 46.5 Å². The number of anilines is 2. The Hall–Kier alpha value is -2.14. The Morgan fingerprint density at radius 3 is 2.49 bits per heavy atom. The highest BCUT2D eigenvalue weighted by Crippen LogP contribution is 2.51. The van der Waals surface area contributed by atoms with Crippen molar-refractivity contribution in [3.8, 4) is 10.6 Å². The van der Waals surface area contributed by atoms with Crippen molar-refractivity contribution in [3.05, 3.63) is 55.3 Å². The van der Waals surface area contributed by atoms with E-state index in [2.05, 4.69) is 15.1 Å². The molecular weight excluding hydrogens is 647 g/mol. The monoisotopic (exact) mass is 676 g/mol. The van der Waals surface area contributed by atoms with E-state index in [0.29, 0.717) is 27.7 Å². The minimum absolute atomic E-state index is 0.0853. The summed E-state index contributed by atoms with van der Waals surface area (Å²) in [5.41, 5.74) is 1.54. The number of thiazole rings is 1. The van der Waals surface area contributed by atoms with E-state index in [-0.39, 0.29) is 21.2 Å². The van der Waals surface area contributed by atoms with E-state index in [1.54, 1.807) is 11.3 Å². The molecule has 2 saturated heterocycles. The fourth-order valence-corrected chi connectivity index (χ4v) is 10.4. The molecule has 0 spiro atoms. The number of aromatic nitrogens is 1. The number of carbonyl (C=O) groups excluding carboxylic acids is 1. The number of nitrogens with zero attached hydrogens (tertiary/aromatic N) is 3. The Bertz CT molecular complexity index is 1610. The largest absolute Gasteiger partial charge is 0.478 e. The van der Waals surface area contributed by atoms with E-state index in [9.17, 15) is 14.7 Å². The lowest BCUT2D eigenvalue weighted by Gasteiger charge is -2.35. The van der Waals surface area contributed by atoms with Crippen LogP contribution in [0.15, 0.2) is 29.2 Å². The number of amides is 1. The number of carboxylic acid groups (broad SMARTS) is 1. The van der Waals surface area contributed by atoms with Gasteiger partial charge in [-0.25, -0.2) is 9.78 Å². The van der Waals surface area contributed by atoms with Gasteiger partial charge in [0.05, 0.1) is 19.9 Å². The fourth-order valence-electron chi connectivity index (χ4n) is 7.67. The van der Waals surface area contributed by atoms with Crippen LogP contribution in [-0.4, -0.2) is 58.6 Å². The summed E-state index contributed by atoms with van der Waals surface area (Å²) in [5, 5.41) is 16.7. The summed E-state index contributed by atoms with van der Waals surface area (Å²) < 4.78 is 0. The van der Waals surface area contributed by atoms with Crippen LogP contribution in [0.3, 0.4) is 0 Å². The van der Waals surface area contributed by atoms with Crippen molar-refractivity contribution in [1.29, 1.82) is 0 Å². The highest BCUT2D eigenvalue weighted by molar-refractivity contribution is 7.21. The highest BCUT2D eigenvalue weighted by Gasteiger charge is 2.50. The van der Waals surface area contributed by atoms with Gasteiger partial charge in [-0.2, -0.15) is 0 Å². The van der Waals surface area contributed by atoms with Crippen molar-refractivity contribution in [2.75, 3.05) is 29.9 Å². The molecular formula is C31H31Cl3N4O3S2. The summed E-state index contributed by atoms with van der Waals surface area (Å²) in [6.45, 7) is 4.62. The minimum Gasteiger partial charge on any atom is -0.478 e. The fraction of sp³-hybridized carbons (Fsp3) is 0.452. The summed E-state index contributed by atoms with van der Waals surface area (Å²) in [4.78, 5) is 35.8. The Morgan fingerprint density at radius 2 is 1.84 bits per heavy atom. The van der Waals surface area contributed by atoms with Crippen LogP contribution in [0.2, 0.25) is 15.1 Å². The predicted molar refractivity (Wildman–Crippen MR) is 176 cm³/mol. The van der Waals surface area contributed by atoms with Gasteiger partial charge < -0.3 is 10.0 Å². The molecule has 43 heavy (non-hydrogen) atoms. The molecule has 4 aliphatic rings. The Kier molecular flexibility index (Phi) is 8.01. The van der Waals surface area contributed by atoms with Gasteiger partial charge in [-0.05, 0) is 81.2 Å². The summed E-state index contributed by atoms with van der Waals surface area (Å²) in [6, 6.07) is 6.22. The number of hydrogen-bond acceptors (Lipinski definition) is 7. The molecule has 7 rings (SSSR count). The number of thiophene rings is 1. The molecule has 2 N–H and O–H groups in total. The number of benzene rings is 1. The molecule has 2 aromatic heterocycles. The Labute approximate surface area is 273 Å². The van der Waals surface area contributed by atoms with Gasteiger partial charge in [-0.3, -0.25) is 15.0 Å². The first-order chi connectivity index (χ1) is 20.6.